The molecule has 4 aliphatic rings. The van der Waals surface area contributed by atoms with E-state index in [4.69, 9.17) is 4.74 Å². The van der Waals surface area contributed by atoms with E-state index in [-0.39, 0.29) is 63.7 Å². The van der Waals surface area contributed by atoms with Crippen LogP contribution in [0, 0.1) is 23.6 Å². The summed E-state index contributed by atoms with van der Waals surface area (Å²) < 4.78 is 63.3. The van der Waals surface area contributed by atoms with Crippen LogP contribution in [0.25, 0.3) is 0 Å². The van der Waals surface area contributed by atoms with Crippen LogP contribution < -0.4 is 4.90 Å². The molecule has 3 aromatic rings. The van der Waals surface area contributed by atoms with Crippen LogP contribution in [0.15, 0.2) is 82.6 Å². The highest BCUT2D eigenvalue weighted by Crippen LogP contribution is 2.54. The molecule has 1 aliphatic carbocycles. The number of likely N-dealkylation sites (tertiary alicyclic amines) is 2. The molecule has 0 bridgehead atoms. The van der Waals surface area contributed by atoms with Crippen molar-refractivity contribution in [1.82, 2.24) is 14.7 Å². The number of ether oxygens (including phenoxy) is 1. The minimum atomic E-state index is -3.86. The third kappa shape index (κ3) is 8.05. The minimum Gasteiger partial charge on any atom is -0.469 e. The van der Waals surface area contributed by atoms with E-state index >= 15 is 8.78 Å². The van der Waals surface area contributed by atoms with Gasteiger partial charge >= 0.3 is 5.97 Å². The molecule has 0 aromatic heterocycles. The zero-order valence-corrected chi connectivity index (χ0v) is 33.1. The van der Waals surface area contributed by atoms with Gasteiger partial charge in [0.2, 0.25) is 9.84 Å². The molecule has 0 unspecified atom stereocenters. The first-order valence-electron chi connectivity index (χ1n) is 19.7. The smallest absolute Gasteiger partial charge is 0.305 e. The van der Waals surface area contributed by atoms with E-state index in [1.807, 2.05) is 11.0 Å². The molecule has 55 heavy (non-hydrogen) atoms. The third-order valence-electron chi connectivity index (χ3n) is 12.9. The maximum atomic E-state index is 16.3. The number of rotatable bonds is 13. The van der Waals surface area contributed by atoms with Crippen molar-refractivity contribution in [3.05, 3.63) is 89.7 Å². The number of hydrogen-bond acceptors (Lipinski definition) is 8. The number of carbonyl (C=O) groups excluding carboxylic acids is 2. The quantitative estimate of drug-likeness (QED) is 0.189. The fourth-order valence-electron chi connectivity index (χ4n) is 9.99. The zero-order chi connectivity index (χ0) is 39.0. The van der Waals surface area contributed by atoms with Gasteiger partial charge in [-0.05, 0) is 136 Å². The summed E-state index contributed by atoms with van der Waals surface area (Å²) in [7, 11) is 0.818. The first-order chi connectivity index (χ1) is 26.3. The van der Waals surface area contributed by atoms with Crippen molar-refractivity contribution in [2.75, 3.05) is 78.5 Å². The molecule has 12 heteroatoms. The summed E-state index contributed by atoms with van der Waals surface area (Å²) in [5, 5.41) is 0. The molecule has 3 atom stereocenters. The SMILES string of the molecule is COC(=O)C[C@H]1CCC[C@@H]1[C@](CN1CCC1)(c1cccc(F)c1)C1CCN(CC2(F)CN(c3ccc(S(=O)(=O)c4cccc(C(=O)N(C)C)c4)cc3)C2)CC1. The van der Waals surface area contributed by atoms with E-state index in [0.29, 0.717) is 18.5 Å². The predicted octanol–water partition coefficient (Wildman–Crippen LogP) is 6.22. The summed E-state index contributed by atoms with van der Waals surface area (Å²) in [6, 6.07) is 19.7. The lowest BCUT2D eigenvalue weighted by Crippen LogP contribution is -2.64. The predicted molar refractivity (Wildman–Crippen MR) is 208 cm³/mol. The summed E-state index contributed by atoms with van der Waals surface area (Å²) in [6.45, 7) is 5.13. The highest BCUT2D eigenvalue weighted by atomic mass is 32.2. The van der Waals surface area contributed by atoms with Crippen LogP contribution in [-0.4, -0.2) is 114 Å². The lowest BCUT2D eigenvalue weighted by Gasteiger charge is -2.54. The van der Waals surface area contributed by atoms with Crippen molar-refractivity contribution in [1.29, 1.82) is 0 Å². The monoisotopic (exact) mass is 776 g/mol. The average molecular weight is 777 g/mol. The molecule has 3 aromatic carbocycles. The van der Waals surface area contributed by atoms with Gasteiger partial charge in [-0.25, -0.2) is 17.2 Å². The van der Waals surface area contributed by atoms with Gasteiger partial charge in [0, 0.05) is 50.3 Å². The highest BCUT2D eigenvalue weighted by molar-refractivity contribution is 7.91. The lowest BCUT2D eigenvalue weighted by atomic mass is 9.56. The number of sulfone groups is 1. The first kappa shape index (κ1) is 39.4. The van der Waals surface area contributed by atoms with E-state index in [1.54, 1.807) is 56.6 Å². The van der Waals surface area contributed by atoms with Crippen molar-refractivity contribution in [3.8, 4) is 0 Å². The number of nitrogens with zero attached hydrogens (tertiary/aromatic N) is 4. The Morgan fingerprint density at radius 2 is 1.58 bits per heavy atom. The topological polar surface area (TPSA) is 90.5 Å². The van der Waals surface area contributed by atoms with Crippen LogP contribution in [0.3, 0.4) is 0 Å². The third-order valence-corrected chi connectivity index (χ3v) is 14.6. The second-order valence-corrected chi connectivity index (χ2v) is 18.5. The minimum absolute atomic E-state index is 0.0430. The van der Waals surface area contributed by atoms with Gasteiger partial charge in [0.1, 0.15) is 5.82 Å². The van der Waals surface area contributed by atoms with Gasteiger partial charge in [-0.2, -0.15) is 0 Å². The number of anilines is 1. The van der Waals surface area contributed by atoms with Gasteiger partial charge in [0.15, 0.2) is 5.67 Å². The molecular weight excluding hydrogens is 723 g/mol. The standard InChI is InChI=1S/C43H54F2N4O5S/c1-46(2)41(51)32-9-4-12-38(24-32)55(52,53)37-16-14-36(15-17-37)49-28-42(45,29-49)27-48-22-18-33(19-23-48)43(30-47-20-7-21-47,34-10-6-11-35(44)26-34)39-13-5-8-31(39)25-40(50)54-3/h4,6,9-12,14-17,24,26,31,33,39H,5,7-8,13,18-23,25,27-30H2,1-3H3/t31-,39+,43+/m1/s1. The van der Waals surface area contributed by atoms with E-state index in [2.05, 4.69) is 15.9 Å². The Bertz CT molecular complexity index is 1960. The molecule has 296 valence electrons. The number of halogens is 2. The molecule has 7 rings (SSSR count). The Labute approximate surface area is 324 Å². The number of carbonyl (C=O) groups is 2. The summed E-state index contributed by atoms with van der Waals surface area (Å²) in [5.74, 6) is -0.0561. The fourth-order valence-corrected chi connectivity index (χ4v) is 11.3. The molecule has 0 N–H and O–H groups in total. The van der Waals surface area contributed by atoms with Crippen molar-refractivity contribution >= 4 is 27.4 Å². The van der Waals surface area contributed by atoms with Crippen LogP contribution >= 0.6 is 0 Å². The van der Waals surface area contributed by atoms with Crippen molar-refractivity contribution in [2.45, 2.75) is 65.8 Å². The molecule has 9 nitrogen and oxygen atoms in total. The number of hydrogen-bond donors (Lipinski definition) is 0. The molecule has 0 spiro atoms. The van der Waals surface area contributed by atoms with Gasteiger partial charge in [-0.1, -0.05) is 24.6 Å². The van der Waals surface area contributed by atoms with Gasteiger partial charge in [-0.3, -0.25) is 14.5 Å². The van der Waals surface area contributed by atoms with Crippen LogP contribution in [0.1, 0.15) is 60.9 Å². The number of methoxy groups -OCH3 is 1. The Hall–Kier alpha value is -3.87. The molecular formula is C43H54F2N4O5S. The maximum absolute atomic E-state index is 16.3. The van der Waals surface area contributed by atoms with E-state index in [0.717, 1.165) is 82.5 Å². The highest BCUT2D eigenvalue weighted by Gasteiger charge is 2.53. The van der Waals surface area contributed by atoms with E-state index < -0.39 is 15.5 Å². The lowest BCUT2D eigenvalue weighted by molar-refractivity contribution is -0.142. The molecule has 3 heterocycles. The number of benzene rings is 3. The summed E-state index contributed by atoms with van der Waals surface area (Å²) in [6.07, 6.45) is 6.26. The number of esters is 1. The number of amides is 1. The van der Waals surface area contributed by atoms with Crippen LogP contribution in [0.5, 0.6) is 0 Å². The molecule has 1 saturated carbocycles. The number of alkyl halides is 1. The maximum Gasteiger partial charge on any atom is 0.305 e. The van der Waals surface area contributed by atoms with Crippen molar-refractivity contribution in [3.63, 3.8) is 0 Å². The summed E-state index contributed by atoms with van der Waals surface area (Å²) >= 11 is 0. The molecule has 0 radical (unpaired) electrons. The van der Waals surface area contributed by atoms with Crippen LogP contribution in [0.2, 0.25) is 0 Å². The largest absolute Gasteiger partial charge is 0.469 e. The van der Waals surface area contributed by atoms with E-state index in [9.17, 15) is 18.0 Å². The Balaban J connectivity index is 1.02. The molecule has 3 aliphatic heterocycles. The second-order valence-electron chi connectivity index (χ2n) is 16.5. The average Bonchev–Trinajstić information content (AvgIpc) is 3.62. The fraction of sp³-hybridized carbons (Fsp3) is 0.535. The summed E-state index contributed by atoms with van der Waals surface area (Å²) in [5.41, 5.74) is 0.360. The molecule has 1 amide bonds. The van der Waals surface area contributed by atoms with Gasteiger partial charge < -0.3 is 19.4 Å². The van der Waals surface area contributed by atoms with Crippen molar-refractivity contribution < 1.29 is 31.5 Å². The van der Waals surface area contributed by atoms with Gasteiger partial charge in [0.05, 0.1) is 30.0 Å². The van der Waals surface area contributed by atoms with E-state index in [1.165, 1.54) is 30.2 Å². The molecule has 3 saturated heterocycles. The Morgan fingerprint density at radius 1 is 0.873 bits per heavy atom. The van der Waals surface area contributed by atoms with Gasteiger partial charge in [0.25, 0.3) is 5.91 Å². The zero-order valence-electron chi connectivity index (χ0n) is 32.3. The Kier molecular flexibility index (Phi) is 11.4. The number of piperidine rings is 1. The molecule has 4 fully saturated rings. The summed E-state index contributed by atoms with van der Waals surface area (Å²) in [4.78, 5) is 33.2. The normalized spacial score (nSPS) is 23.0. The first-order valence-corrected chi connectivity index (χ1v) is 21.2. The second kappa shape index (κ2) is 15.9. The van der Waals surface area contributed by atoms with Gasteiger partial charge in [-0.15, -0.1) is 0 Å². The van der Waals surface area contributed by atoms with Crippen LogP contribution in [0.4, 0.5) is 14.5 Å². The van der Waals surface area contributed by atoms with Crippen LogP contribution in [-0.2, 0) is 24.8 Å². The Morgan fingerprint density at radius 3 is 2.22 bits per heavy atom. The van der Waals surface area contributed by atoms with Crippen molar-refractivity contribution in [2.24, 2.45) is 17.8 Å².